The lowest BCUT2D eigenvalue weighted by Crippen LogP contribution is -2.37. The Bertz CT molecular complexity index is 910. The van der Waals surface area contributed by atoms with Crippen molar-refractivity contribution in [3.8, 4) is 11.3 Å². The summed E-state index contributed by atoms with van der Waals surface area (Å²) in [6.45, 7) is 1.53. The van der Waals surface area contributed by atoms with Crippen LogP contribution in [0.2, 0.25) is 0 Å². The number of hydrogen-bond acceptors (Lipinski definition) is 6. The van der Waals surface area contributed by atoms with Crippen LogP contribution in [0.25, 0.3) is 11.3 Å². The van der Waals surface area contributed by atoms with E-state index in [2.05, 4.69) is 52.9 Å². The molecule has 0 saturated carbocycles. The summed E-state index contributed by atoms with van der Waals surface area (Å²) in [7, 11) is 0. The van der Waals surface area contributed by atoms with Gasteiger partial charge in [0, 0.05) is 35.3 Å². The number of piperidine rings is 1. The number of benzene rings is 2. The van der Waals surface area contributed by atoms with Crippen molar-refractivity contribution < 1.29 is 5.11 Å². The summed E-state index contributed by atoms with van der Waals surface area (Å²) >= 11 is 1.72. The number of aliphatic hydroxyl groups excluding tert-OH is 1. The minimum absolute atomic E-state index is 0.221. The number of aliphatic hydroxyl groups is 1. The lowest BCUT2D eigenvalue weighted by atomic mass is 10.1. The average molecular weight is 393 g/mol. The molecule has 1 aliphatic heterocycles. The van der Waals surface area contributed by atoms with Gasteiger partial charge in [-0.05, 0) is 43.4 Å². The topological polar surface area (TPSA) is 61.3 Å². The number of rotatable bonds is 5. The van der Waals surface area contributed by atoms with Gasteiger partial charge >= 0.3 is 0 Å². The third-order valence-electron chi connectivity index (χ3n) is 4.89. The molecule has 0 unspecified atom stereocenters. The lowest BCUT2D eigenvalue weighted by Gasteiger charge is -2.30. The summed E-state index contributed by atoms with van der Waals surface area (Å²) < 4.78 is 0. The first-order valence-electron chi connectivity index (χ1n) is 9.50. The first kappa shape index (κ1) is 18.8. The van der Waals surface area contributed by atoms with E-state index in [-0.39, 0.29) is 6.10 Å². The Kier molecular flexibility index (Phi) is 5.78. The van der Waals surface area contributed by atoms with Gasteiger partial charge < -0.3 is 15.3 Å². The first-order valence-corrected chi connectivity index (χ1v) is 10.7. The number of nitrogens with zero attached hydrogens (tertiary/aromatic N) is 3. The fourth-order valence-electron chi connectivity index (χ4n) is 3.28. The molecule has 0 bridgehead atoms. The molecule has 0 atom stereocenters. The molecule has 4 rings (SSSR count). The highest BCUT2D eigenvalue weighted by molar-refractivity contribution is 7.98. The van der Waals surface area contributed by atoms with Crippen molar-refractivity contribution >= 4 is 29.2 Å². The summed E-state index contributed by atoms with van der Waals surface area (Å²) in [5.41, 5.74) is 2.94. The van der Waals surface area contributed by atoms with E-state index in [1.54, 1.807) is 11.8 Å². The third kappa shape index (κ3) is 4.46. The lowest BCUT2D eigenvalue weighted by molar-refractivity contribution is 0.145. The molecule has 2 N–H and O–H groups in total. The zero-order chi connectivity index (χ0) is 19.3. The zero-order valence-corrected chi connectivity index (χ0v) is 16.7. The normalized spacial score (nSPS) is 14.9. The number of anilines is 3. The SMILES string of the molecule is CSc1ccc(Nc2cc(-c3ccccc3)nc(N3CCC(O)CC3)n2)cc1. The molecule has 0 radical (unpaired) electrons. The van der Waals surface area contributed by atoms with Gasteiger partial charge in [-0.3, -0.25) is 0 Å². The predicted octanol–water partition coefficient (Wildman–Crippen LogP) is 4.57. The number of thioether (sulfide) groups is 1. The van der Waals surface area contributed by atoms with E-state index in [0.717, 1.165) is 48.7 Å². The molecule has 0 aliphatic carbocycles. The molecule has 1 aromatic heterocycles. The Morgan fingerprint density at radius 2 is 1.71 bits per heavy atom. The molecular formula is C22H24N4OS. The van der Waals surface area contributed by atoms with Crippen molar-refractivity contribution in [2.75, 3.05) is 29.6 Å². The van der Waals surface area contributed by atoms with Gasteiger partial charge in [0.25, 0.3) is 0 Å². The van der Waals surface area contributed by atoms with Crippen molar-refractivity contribution in [3.63, 3.8) is 0 Å². The molecule has 2 aromatic carbocycles. The fraction of sp³-hybridized carbons (Fsp3) is 0.273. The summed E-state index contributed by atoms with van der Waals surface area (Å²) in [6, 6.07) is 20.5. The molecule has 1 fully saturated rings. The van der Waals surface area contributed by atoms with Gasteiger partial charge in [-0.15, -0.1) is 11.8 Å². The summed E-state index contributed by atoms with van der Waals surface area (Å²) in [6.07, 6.45) is 3.34. The molecule has 144 valence electrons. The standard InChI is InChI=1S/C22H24N4OS/c1-28-19-9-7-17(8-10-19)23-21-15-20(16-5-3-2-4-6-16)24-22(25-21)26-13-11-18(27)12-14-26/h2-10,15,18,27H,11-14H2,1H3,(H,23,24,25). The number of nitrogens with one attached hydrogen (secondary N) is 1. The summed E-state index contributed by atoms with van der Waals surface area (Å²) in [5.74, 6) is 1.48. The monoisotopic (exact) mass is 392 g/mol. The Morgan fingerprint density at radius 3 is 2.39 bits per heavy atom. The number of hydrogen-bond donors (Lipinski definition) is 2. The molecule has 5 nitrogen and oxygen atoms in total. The maximum absolute atomic E-state index is 9.82. The molecule has 28 heavy (non-hydrogen) atoms. The van der Waals surface area contributed by atoms with Crippen molar-refractivity contribution in [1.29, 1.82) is 0 Å². The highest BCUT2D eigenvalue weighted by atomic mass is 32.2. The van der Waals surface area contributed by atoms with Gasteiger partial charge in [0.2, 0.25) is 5.95 Å². The van der Waals surface area contributed by atoms with E-state index in [4.69, 9.17) is 9.97 Å². The van der Waals surface area contributed by atoms with Crippen LogP contribution in [-0.4, -0.2) is 40.5 Å². The quantitative estimate of drug-likeness (QED) is 0.620. The van der Waals surface area contributed by atoms with Crippen LogP contribution in [0.3, 0.4) is 0 Å². The van der Waals surface area contributed by atoms with Crippen LogP contribution in [0.1, 0.15) is 12.8 Å². The zero-order valence-electron chi connectivity index (χ0n) is 15.9. The maximum atomic E-state index is 9.82. The smallest absolute Gasteiger partial charge is 0.227 e. The van der Waals surface area contributed by atoms with Crippen molar-refractivity contribution in [2.24, 2.45) is 0 Å². The van der Waals surface area contributed by atoms with Crippen LogP contribution in [-0.2, 0) is 0 Å². The van der Waals surface area contributed by atoms with Crippen molar-refractivity contribution in [2.45, 2.75) is 23.8 Å². The highest BCUT2D eigenvalue weighted by Gasteiger charge is 2.20. The molecule has 0 amide bonds. The van der Waals surface area contributed by atoms with Gasteiger partial charge in [0.15, 0.2) is 0 Å². The van der Waals surface area contributed by atoms with Crippen molar-refractivity contribution in [1.82, 2.24) is 9.97 Å². The van der Waals surface area contributed by atoms with Gasteiger partial charge in [-0.2, -0.15) is 4.98 Å². The Morgan fingerprint density at radius 1 is 1.00 bits per heavy atom. The molecule has 3 aromatic rings. The van der Waals surface area contributed by atoms with Gasteiger partial charge in [0.05, 0.1) is 11.8 Å². The van der Waals surface area contributed by atoms with Crippen LogP contribution in [0.15, 0.2) is 65.6 Å². The van der Waals surface area contributed by atoms with Crippen LogP contribution in [0, 0.1) is 0 Å². The van der Waals surface area contributed by atoms with E-state index >= 15 is 0 Å². The Hall–Kier alpha value is -2.57. The van der Waals surface area contributed by atoms with Gasteiger partial charge in [-0.1, -0.05) is 30.3 Å². The highest BCUT2D eigenvalue weighted by Crippen LogP contribution is 2.27. The van der Waals surface area contributed by atoms with Gasteiger partial charge in [0.1, 0.15) is 5.82 Å². The first-order chi connectivity index (χ1) is 13.7. The molecule has 2 heterocycles. The Labute approximate surface area is 169 Å². The summed E-state index contributed by atoms with van der Waals surface area (Å²) in [5, 5.41) is 13.2. The molecular weight excluding hydrogens is 368 g/mol. The molecule has 6 heteroatoms. The van der Waals surface area contributed by atoms with Crippen LogP contribution < -0.4 is 10.2 Å². The minimum atomic E-state index is -0.221. The second kappa shape index (κ2) is 8.63. The van der Waals surface area contributed by atoms with E-state index < -0.39 is 0 Å². The molecule has 1 aliphatic rings. The third-order valence-corrected chi connectivity index (χ3v) is 5.64. The molecule has 0 spiro atoms. The van der Waals surface area contributed by atoms with Crippen LogP contribution in [0.4, 0.5) is 17.5 Å². The summed E-state index contributed by atoms with van der Waals surface area (Å²) in [4.78, 5) is 13.0. The fourth-order valence-corrected chi connectivity index (χ4v) is 3.69. The number of aromatic nitrogens is 2. The average Bonchev–Trinajstić information content (AvgIpc) is 2.75. The maximum Gasteiger partial charge on any atom is 0.227 e. The van der Waals surface area contributed by atoms with Crippen molar-refractivity contribution in [3.05, 3.63) is 60.7 Å². The van der Waals surface area contributed by atoms with E-state index in [0.29, 0.717) is 5.95 Å². The van der Waals surface area contributed by atoms with Crippen LogP contribution in [0.5, 0.6) is 0 Å². The predicted molar refractivity (Wildman–Crippen MR) is 116 cm³/mol. The van der Waals surface area contributed by atoms with Gasteiger partial charge in [-0.25, -0.2) is 4.98 Å². The van der Waals surface area contributed by atoms with E-state index in [9.17, 15) is 5.11 Å². The largest absolute Gasteiger partial charge is 0.393 e. The van der Waals surface area contributed by atoms with Crippen LogP contribution >= 0.6 is 11.8 Å². The second-order valence-electron chi connectivity index (χ2n) is 6.88. The Balaban J connectivity index is 1.66. The van der Waals surface area contributed by atoms with E-state index in [1.165, 1.54) is 4.90 Å². The molecule has 1 saturated heterocycles. The van der Waals surface area contributed by atoms with E-state index in [1.807, 2.05) is 24.3 Å². The second-order valence-corrected chi connectivity index (χ2v) is 7.76. The minimum Gasteiger partial charge on any atom is -0.393 e.